The van der Waals surface area contributed by atoms with Crippen LogP contribution in [0, 0.1) is 0 Å². The number of aliphatic hydroxyl groups is 1. The molecule has 84 valence electrons. The Morgan fingerprint density at radius 3 is 2.80 bits per heavy atom. The fraction of sp³-hybridized carbons (Fsp3) is 0.500. The fourth-order valence-corrected chi connectivity index (χ4v) is 1.58. The second kappa shape index (κ2) is 6.43. The van der Waals surface area contributed by atoms with Crippen LogP contribution in [0.25, 0.3) is 0 Å². The lowest BCUT2D eigenvalue weighted by Crippen LogP contribution is -2.17. The summed E-state index contributed by atoms with van der Waals surface area (Å²) < 4.78 is 5.26. The molecule has 0 fully saturated rings. The van der Waals surface area contributed by atoms with Crippen LogP contribution >= 0.6 is 0 Å². The fourth-order valence-electron chi connectivity index (χ4n) is 1.58. The van der Waals surface area contributed by atoms with E-state index in [0.29, 0.717) is 0 Å². The summed E-state index contributed by atoms with van der Waals surface area (Å²) in [5.74, 6) is 0.955. The van der Waals surface area contributed by atoms with Crippen LogP contribution in [0.3, 0.4) is 0 Å². The molecule has 1 aromatic carbocycles. The van der Waals surface area contributed by atoms with E-state index in [0.717, 1.165) is 25.1 Å². The van der Waals surface area contributed by atoms with Gasteiger partial charge in [-0.15, -0.1) is 0 Å². The quantitative estimate of drug-likeness (QED) is 0.549. The summed E-state index contributed by atoms with van der Waals surface area (Å²) >= 11 is 0. The molecular formula is C12H19NO2. The molecule has 0 aromatic heterocycles. The third-order valence-corrected chi connectivity index (χ3v) is 2.43. The SMILES string of the molecule is CCc1cc(CCNCO)ccc1OC. The maximum absolute atomic E-state index is 8.60. The number of hydrogen-bond acceptors (Lipinski definition) is 3. The predicted octanol–water partition coefficient (Wildman–Crippen LogP) is 1.34. The third kappa shape index (κ3) is 3.53. The molecule has 0 bridgehead atoms. The van der Waals surface area contributed by atoms with Gasteiger partial charge in [0.05, 0.1) is 13.8 Å². The Kier molecular flexibility index (Phi) is 5.15. The van der Waals surface area contributed by atoms with Crippen molar-refractivity contribution in [2.75, 3.05) is 20.4 Å². The first-order valence-electron chi connectivity index (χ1n) is 5.29. The molecule has 0 radical (unpaired) electrons. The first kappa shape index (κ1) is 12.0. The molecule has 0 heterocycles. The van der Waals surface area contributed by atoms with Gasteiger partial charge in [0.15, 0.2) is 0 Å². The van der Waals surface area contributed by atoms with Gasteiger partial charge in [0.2, 0.25) is 0 Å². The molecule has 0 atom stereocenters. The molecule has 0 unspecified atom stereocenters. The minimum absolute atomic E-state index is 0.0385. The van der Waals surface area contributed by atoms with Crippen molar-refractivity contribution in [2.45, 2.75) is 19.8 Å². The van der Waals surface area contributed by atoms with E-state index in [2.05, 4.69) is 24.4 Å². The highest BCUT2D eigenvalue weighted by Crippen LogP contribution is 2.20. The standard InChI is InChI=1S/C12H19NO2/c1-3-11-8-10(6-7-13-9-14)4-5-12(11)15-2/h4-5,8,13-14H,3,6-7,9H2,1-2H3. The minimum atomic E-state index is 0.0385. The van der Waals surface area contributed by atoms with Crippen LogP contribution in [0.2, 0.25) is 0 Å². The molecule has 3 heteroatoms. The van der Waals surface area contributed by atoms with Gasteiger partial charge in [0.1, 0.15) is 5.75 Å². The van der Waals surface area contributed by atoms with Gasteiger partial charge in [-0.2, -0.15) is 0 Å². The molecule has 2 N–H and O–H groups in total. The van der Waals surface area contributed by atoms with Gasteiger partial charge in [-0.3, -0.25) is 5.32 Å². The molecule has 0 aliphatic carbocycles. The van der Waals surface area contributed by atoms with E-state index < -0.39 is 0 Å². The highest BCUT2D eigenvalue weighted by atomic mass is 16.5. The van der Waals surface area contributed by atoms with E-state index >= 15 is 0 Å². The monoisotopic (exact) mass is 209 g/mol. The molecule has 0 aliphatic rings. The van der Waals surface area contributed by atoms with Gasteiger partial charge < -0.3 is 9.84 Å². The number of benzene rings is 1. The number of methoxy groups -OCH3 is 1. The summed E-state index contributed by atoms with van der Waals surface area (Å²) in [6.45, 7) is 2.95. The van der Waals surface area contributed by atoms with Crippen LogP contribution in [0.1, 0.15) is 18.1 Å². The summed E-state index contributed by atoms with van der Waals surface area (Å²) in [6.07, 6.45) is 1.90. The first-order valence-corrected chi connectivity index (χ1v) is 5.29. The van der Waals surface area contributed by atoms with Crippen LogP contribution in [-0.4, -0.2) is 25.5 Å². The third-order valence-electron chi connectivity index (χ3n) is 2.43. The van der Waals surface area contributed by atoms with Crippen molar-refractivity contribution in [3.05, 3.63) is 29.3 Å². The Morgan fingerprint density at radius 2 is 2.20 bits per heavy atom. The van der Waals surface area contributed by atoms with E-state index in [1.807, 2.05) is 6.07 Å². The Hall–Kier alpha value is -1.06. The largest absolute Gasteiger partial charge is 0.496 e. The van der Waals surface area contributed by atoms with Crippen LogP contribution < -0.4 is 10.1 Å². The van der Waals surface area contributed by atoms with Crippen molar-refractivity contribution < 1.29 is 9.84 Å². The van der Waals surface area contributed by atoms with E-state index in [1.54, 1.807) is 7.11 Å². The normalized spacial score (nSPS) is 10.3. The molecule has 1 aromatic rings. The van der Waals surface area contributed by atoms with Crippen molar-refractivity contribution in [2.24, 2.45) is 0 Å². The Balaban J connectivity index is 2.66. The molecule has 0 amide bonds. The molecule has 1 rings (SSSR count). The highest BCUT2D eigenvalue weighted by Gasteiger charge is 2.02. The molecule has 0 saturated heterocycles. The summed E-state index contributed by atoms with van der Waals surface area (Å²) in [4.78, 5) is 0. The van der Waals surface area contributed by atoms with Crippen LogP contribution in [0.4, 0.5) is 0 Å². The summed E-state index contributed by atoms with van der Waals surface area (Å²) in [6, 6.07) is 6.24. The second-order valence-corrected chi connectivity index (χ2v) is 3.41. The van der Waals surface area contributed by atoms with Crippen LogP contribution in [-0.2, 0) is 12.8 Å². The minimum Gasteiger partial charge on any atom is -0.496 e. The topological polar surface area (TPSA) is 41.5 Å². The van der Waals surface area contributed by atoms with E-state index in [4.69, 9.17) is 9.84 Å². The molecule has 0 spiro atoms. The van der Waals surface area contributed by atoms with E-state index in [1.165, 1.54) is 11.1 Å². The number of ether oxygens (including phenoxy) is 1. The zero-order chi connectivity index (χ0) is 11.1. The van der Waals surface area contributed by atoms with Gasteiger partial charge in [0.25, 0.3) is 0 Å². The van der Waals surface area contributed by atoms with Gasteiger partial charge >= 0.3 is 0 Å². The van der Waals surface area contributed by atoms with Crippen molar-refractivity contribution in [1.29, 1.82) is 0 Å². The van der Waals surface area contributed by atoms with Gasteiger partial charge in [-0.25, -0.2) is 0 Å². The van der Waals surface area contributed by atoms with Gasteiger partial charge in [0, 0.05) is 6.54 Å². The second-order valence-electron chi connectivity index (χ2n) is 3.41. The Labute approximate surface area is 91.1 Å². The Bertz CT molecular complexity index is 300. The molecule has 15 heavy (non-hydrogen) atoms. The van der Waals surface area contributed by atoms with E-state index in [9.17, 15) is 0 Å². The molecule has 3 nitrogen and oxygen atoms in total. The highest BCUT2D eigenvalue weighted by molar-refractivity contribution is 5.37. The number of aliphatic hydroxyl groups excluding tert-OH is 1. The van der Waals surface area contributed by atoms with Crippen LogP contribution in [0.5, 0.6) is 5.75 Å². The molecule has 0 aliphatic heterocycles. The van der Waals surface area contributed by atoms with Gasteiger partial charge in [-0.05, 0) is 30.0 Å². The van der Waals surface area contributed by atoms with Gasteiger partial charge in [-0.1, -0.05) is 19.1 Å². The molecule has 0 saturated carbocycles. The average Bonchev–Trinajstić information content (AvgIpc) is 2.29. The predicted molar refractivity (Wildman–Crippen MR) is 61.2 cm³/mol. The first-order chi connectivity index (χ1) is 7.31. The smallest absolute Gasteiger partial charge is 0.122 e. The van der Waals surface area contributed by atoms with Crippen LogP contribution in [0.15, 0.2) is 18.2 Å². The van der Waals surface area contributed by atoms with Crippen molar-refractivity contribution in [3.63, 3.8) is 0 Å². The Morgan fingerprint density at radius 1 is 1.40 bits per heavy atom. The maximum atomic E-state index is 8.60. The van der Waals surface area contributed by atoms with E-state index in [-0.39, 0.29) is 6.73 Å². The number of rotatable bonds is 6. The van der Waals surface area contributed by atoms with Crippen molar-refractivity contribution in [3.8, 4) is 5.75 Å². The zero-order valence-electron chi connectivity index (χ0n) is 9.42. The summed E-state index contributed by atoms with van der Waals surface area (Å²) in [7, 11) is 1.70. The lowest BCUT2D eigenvalue weighted by atomic mass is 10.1. The van der Waals surface area contributed by atoms with Crippen molar-refractivity contribution >= 4 is 0 Å². The summed E-state index contributed by atoms with van der Waals surface area (Å²) in [5.41, 5.74) is 2.51. The van der Waals surface area contributed by atoms with Crippen molar-refractivity contribution in [1.82, 2.24) is 5.32 Å². The molecular weight excluding hydrogens is 190 g/mol. The lowest BCUT2D eigenvalue weighted by Gasteiger charge is -2.09. The summed E-state index contributed by atoms with van der Waals surface area (Å²) in [5, 5.41) is 11.5. The number of hydrogen-bond donors (Lipinski definition) is 2. The number of nitrogens with one attached hydrogen (secondary N) is 1. The number of aryl methyl sites for hydroxylation is 1. The maximum Gasteiger partial charge on any atom is 0.122 e. The average molecular weight is 209 g/mol. The zero-order valence-corrected chi connectivity index (χ0v) is 9.42. The lowest BCUT2D eigenvalue weighted by molar-refractivity contribution is 0.262.